The minimum Gasteiger partial charge on any atom is -1.00 e. The summed E-state index contributed by atoms with van der Waals surface area (Å²) >= 11 is 1.49. The number of ether oxygens (including phenoxy) is 1. The van der Waals surface area contributed by atoms with Gasteiger partial charge < -0.3 is 12.4 Å². The van der Waals surface area contributed by atoms with Gasteiger partial charge in [-0.05, 0) is 0 Å². The van der Waals surface area contributed by atoms with Crippen LogP contribution in [-0.4, -0.2) is 33.1 Å². The molecule has 13 heavy (non-hydrogen) atoms. The second-order valence-electron chi connectivity index (χ2n) is 2.03. The fraction of sp³-hybridized carbons (Fsp3) is 0.167. The smallest absolute Gasteiger partial charge is 1.00 e. The first kappa shape index (κ1) is 12.8. The molecule has 0 unspecified atom stereocenters. The van der Waals surface area contributed by atoms with Crippen LogP contribution in [0.25, 0.3) is 0 Å². The van der Waals surface area contributed by atoms with Gasteiger partial charge in [0.15, 0.2) is 0 Å². The molecule has 0 atom stereocenters. The van der Waals surface area contributed by atoms with Crippen molar-refractivity contribution in [2.75, 3.05) is 0 Å². The van der Waals surface area contributed by atoms with E-state index in [9.17, 15) is 13.2 Å². The van der Waals surface area contributed by atoms with Crippen molar-refractivity contribution >= 4 is 25.5 Å². The molecule has 0 aliphatic heterocycles. The van der Waals surface area contributed by atoms with Crippen LogP contribution in [-0.2, 0) is 0 Å². The molecule has 0 radical (unpaired) electrons. The average molecular weight is 222 g/mol. The van der Waals surface area contributed by atoms with E-state index in [0.717, 1.165) is 6.20 Å². The summed E-state index contributed by atoms with van der Waals surface area (Å²) < 4.78 is 39.0. The third-order valence-corrected chi connectivity index (χ3v) is 1.45. The van der Waals surface area contributed by atoms with Crippen LogP contribution in [0.5, 0.6) is 5.75 Å². The topological polar surface area (TPSA) is 22.1 Å². The molecule has 1 aromatic rings. The van der Waals surface area contributed by atoms with E-state index in [1.807, 2.05) is 0 Å². The Bertz CT molecular complexity index is 264. The van der Waals surface area contributed by atoms with Crippen molar-refractivity contribution in [2.45, 2.75) is 6.36 Å². The first-order chi connectivity index (χ1) is 5.47. The van der Waals surface area contributed by atoms with Crippen molar-refractivity contribution in [3.8, 4) is 5.75 Å². The van der Waals surface area contributed by atoms with Crippen LogP contribution in [0.2, 0.25) is 0 Å². The minimum atomic E-state index is -4.64. The van der Waals surface area contributed by atoms with E-state index in [0.29, 0.717) is 3.82 Å². The maximum absolute atomic E-state index is 11.6. The Kier molecular flexibility index (Phi) is 4.80. The van der Waals surface area contributed by atoms with Crippen molar-refractivity contribution in [1.29, 1.82) is 0 Å². The summed E-state index contributed by atoms with van der Waals surface area (Å²) in [7, 11) is 0. The Morgan fingerprint density at radius 3 is 2.31 bits per heavy atom. The Balaban J connectivity index is 0.00000144. The molecule has 0 N–H and O–H groups in total. The number of halogens is 4. The number of pyridine rings is 1. The van der Waals surface area contributed by atoms with E-state index in [4.69, 9.17) is 0 Å². The number of alkyl halides is 3. The van der Waals surface area contributed by atoms with Gasteiger partial charge in [0.2, 0.25) is 0 Å². The molecule has 1 rings (SSSR count). The second-order valence-corrected chi connectivity index (χ2v) is 2.76. The molecule has 0 fully saturated rings. The molecule has 0 aliphatic carbocycles. The third kappa shape index (κ3) is 5.17. The fourth-order valence-corrected chi connectivity index (χ4v) is 0.814. The van der Waals surface area contributed by atoms with Crippen LogP contribution in [0.15, 0.2) is 18.3 Å². The van der Waals surface area contributed by atoms with Crippen LogP contribution in [0.3, 0.4) is 0 Å². The number of aromatic nitrogens is 1. The van der Waals surface area contributed by atoms with E-state index in [1.165, 1.54) is 33.8 Å². The van der Waals surface area contributed by atoms with Crippen LogP contribution in [0, 0.1) is 0 Å². The molecule has 7 heteroatoms. The van der Waals surface area contributed by atoms with Gasteiger partial charge in [-0.2, -0.15) is 0 Å². The SMILES string of the molecule is FC(F)(F)Oc1cc[c]([Mg+])nc1.[Cl-]. The third-order valence-electron chi connectivity index (χ3n) is 1.03. The Hall–Kier alpha value is -0.204. The van der Waals surface area contributed by atoms with Gasteiger partial charge >= 0.3 is 78.9 Å². The summed E-state index contributed by atoms with van der Waals surface area (Å²) in [5.41, 5.74) is 0. The van der Waals surface area contributed by atoms with Gasteiger partial charge in [0, 0.05) is 0 Å². The molecule has 0 aliphatic rings. The van der Waals surface area contributed by atoms with Crippen LogP contribution >= 0.6 is 0 Å². The first-order valence-corrected chi connectivity index (χ1v) is 3.72. The van der Waals surface area contributed by atoms with Gasteiger partial charge in [-0.25, -0.2) is 0 Å². The maximum Gasteiger partial charge on any atom is -1.00 e. The Morgan fingerprint density at radius 1 is 1.31 bits per heavy atom. The summed E-state index contributed by atoms with van der Waals surface area (Å²) in [6, 6.07) is 2.68. The number of hydrogen-bond donors (Lipinski definition) is 0. The minimum absolute atomic E-state index is 0. The molecule has 0 spiro atoms. The Labute approximate surface area is 91.3 Å². The summed E-state index contributed by atoms with van der Waals surface area (Å²) in [6.45, 7) is 0. The zero-order chi connectivity index (χ0) is 9.19. The van der Waals surface area contributed by atoms with Crippen molar-refractivity contribution in [3.05, 3.63) is 18.3 Å². The molecule has 1 heterocycles. The van der Waals surface area contributed by atoms with Crippen LogP contribution in [0.1, 0.15) is 0 Å². The predicted octanol–water partition coefficient (Wildman–Crippen LogP) is -2.22. The summed E-state index contributed by atoms with van der Waals surface area (Å²) in [5.74, 6) is -0.294. The maximum atomic E-state index is 11.6. The quantitative estimate of drug-likeness (QED) is 0.502. The average Bonchev–Trinajstić information content (AvgIpc) is 1.91. The van der Waals surface area contributed by atoms with Gasteiger partial charge in [-0.1, -0.05) is 0 Å². The van der Waals surface area contributed by atoms with E-state index in [2.05, 4.69) is 9.72 Å². The molecule has 0 amide bonds. The van der Waals surface area contributed by atoms with Crippen LogP contribution < -0.4 is 21.0 Å². The van der Waals surface area contributed by atoms with Gasteiger partial charge in [-0.3, -0.25) is 0 Å². The van der Waals surface area contributed by atoms with E-state index < -0.39 is 6.36 Å². The van der Waals surface area contributed by atoms with Crippen LogP contribution in [0.4, 0.5) is 13.2 Å². The van der Waals surface area contributed by atoms with Gasteiger partial charge in [0.25, 0.3) is 0 Å². The zero-order valence-electron chi connectivity index (χ0n) is 6.31. The summed E-state index contributed by atoms with van der Waals surface area (Å²) in [4.78, 5) is 3.65. The predicted molar refractivity (Wildman–Crippen MR) is 36.3 cm³/mol. The van der Waals surface area contributed by atoms with E-state index in [1.54, 1.807) is 0 Å². The second kappa shape index (κ2) is 4.87. The van der Waals surface area contributed by atoms with Crippen molar-refractivity contribution in [3.63, 3.8) is 0 Å². The van der Waals surface area contributed by atoms with Gasteiger partial charge in [0.1, 0.15) is 0 Å². The number of hydrogen-bond acceptors (Lipinski definition) is 2. The molecule has 68 valence electrons. The Morgan fingerprint density at radius 2 is 1.92 bits per heavy atom. The molecule has 0 bridgehead atoms. The number of rotatable bonds is 1. The molecular weight excluding hydrogens is 219 g/mol. The van der Waals surface area contributed by atoms with Crippen molar-refractivity contribution < 1.29 is 30.3 Å². The molecule has 1 aromatic heterocycles. The van der Waals surface area contributed by atoms with E-state index in [-0.39, 0.29) is 18.2 Å². The molecule has 0 saturated carbocycles. The molecule has 0 saturated heterocycles. The number of nitrogens with zero attached hydrogens (tertiary/aromatic N) is 1. The summed E-state index contributed by atoms with van der Waals surface area (Å²) in [5, 5.41) is 0. The molecule has 2 nitrogen and oxygen atoms in total. The summed E-state index contributed by atoms with van der Waals surface area (Å²) in [6.07, 6.45) is -3.60. The van der Waals surface area contributed by atoms with Crippen molar-refractivity contribution in [1.82, 2.24) is 4.98 Å². The zero-order valence-corrected chi connectivity index (χ0v) is 8.48. The van der Waals surface area contributed by atoms with Gasteiger partial charge in [-0.15, -0.1) is 0 Å². The molecular formula is C6H3ClF3MgNO. The largest absolute Gasteiger partial charge is 1.00 e. The fourth-order valence-electron chi connectivity index (χ4n) is 0.605. The normalized spacial score (nSPS) is 10.5. The first-order valence-electron chi connectivity index (χ1n) is 3.01. The van der Waals surface area contributed by atoms with Crippen molar-refractivity contribution in [2.24, 2.45) is 0 Å². The van der Waals surface area contributed by atoms with E-state index >= 15 is 0 Å². The standard InChI is InChI=1S/C6H3F3NO.ClH.Mg/c7-6(8,9)11-5-2-1-3-10-4-5;;/h1-2,4H;1H;/q;;+1/p-1. The molecule has 0 aromatic carbocycles. The van der Waals surface area contributed by atoms with Gasteiger partial charge in [0.05, 0.1) is 0 Å². The monoisotopic (exact) mass is 221 g/mol.